The lowest BCUT2D eigenvalue weighted by molar-refractivity contribution is 0.0680. The van der Waals surface area contributed by atoms with Crippen LogP contribution in [0.2, 0.25) is 0 Å². The molecule has 0 saturated heterocycles. The molecule has 2 rings (SSSR count). The number of nitrogens with zero attached hydrogens (tertiary/aromatic N) is 2. The third-order valence-corrected chi connectivity index (χ3v) is 3.15. The van der Waals surface area contributed by atoms with Crippen LogP contribution in [-0.4, -0.2) is 21.2 Å². The summed E-state index contributed by atoms with van der Waals surface area (Å²) in [6.07, 6.45) is 0. The first-order chi connectivity index (χ1) is 6.68. The van der Waals surface area contributed by atoms with E-state index in [2.05, 4.69) is 26.1 Å². The molecule has 0 radical (unpaired) electrons. The summed E-state index contributed by atoms with van der Waals surface area (Å²) in [5.74, 6) is -1.33. The predicted molar refractivity (Wildman–Crippen MR) is 52.3 cm³/mol. The van der Waals surface area contributed by atoms with Gasteiger partial charge in [-0.15, -0.1) is 11.3 Å². The number of rotatable bonds is 2. The molecular weight excluding hydrogens is 272 g/mol. The first-order valence-corrected chi connectivity index (χ1v) is 5.16. The van der Waals surface area contributed by atoms with Gasteiger partial charge in [0.2, 0.25) is 0 Å². The molecule has 0 aromatic carbocycles. The molecule has 7 heteroatoms. The lowest BCUT2D eigenvalue weighted by Gasteiger charge is -1.86. The van der Waals surface area contributed by atoms with Crippen molar-refractivity contribution in [3.63, 3.8) is 0 Å². The van der Waals surface area contributed by atoms with E-state index in [9.17, 15) is 4.79 Å². The highest BCUT2D eigenvalue weighted by atomic mass is 79.9. The topological polar surface area (TPSA) is 76.2 Å². The normalized spacial score (nSPS) is 10.4. The highest BCUT2D eigenvalue weighted by Gasteiger charge is 2.16. The quantitative estimate of drug-likeness (QED) is 0.909. The zero-order chi connectivity index (χ0) is 10.1. The lowest BCUT2D eigenvalue weighted by Crippen LogP contribution is -1.98. The van der Waals surface area contributed by atoms with Crippen LogP contribution >= 0.6 is 27.3 Å². The molecule has 0 saturated carbocycles. The number of carbonyl (C=O) groups is 1. The van der Waals surface area contributed by atoms with Crippen molar-refractivity contribution in [1.82, 2.24) is 10.1 Å². The van der Waals surface area contributed by atoms with E-state index in [4.69, 9.17) is 9.63 Å². The number of hydrogen-bond acceptors (Lipinski definition) is 5. The van der Waals surface area contributed by atoms with Crippen LogP contribution in [0.15, 0.2) is 19.8 Å². The van der Waals surface area contributed by atoms with Gasteiger partial charge in [-0.1, -0.05) is 0 Å². The highest BCUT2D eigenvalue weighted by Crippen LogP contribution is 2.31. The Bertz CT molecular complexity index is 479. The minimum absolute atomic E-state index is 0.204. The molecule has 14 heavy (non-hydrogen) atoms. The monoisotopic (exact) mass is 274 g/mol. The van der Waals surface area contributed by atoms with Crippen LogP contribution in [0, 0.1) is 0 Å². The summed E-state index contributed by atoms with van der Waals surface area (Å²) in [6.45, 7) is 0. The van der Waals surface area contributed by atoms with Crippen LogP contribution < -0.4 is 0 Å². The van der Waals surface area contributed by atoms with E-state index >= 15 is 0 Å². The molecule has 0 aliphatic heterocycles. The standard InChI is InChI=1S/C7H3BrN2O3S/c8-4-3(1-2-14-4)6-9-5(7(11)12)10-13-6/h1-2H,(H,11,12). The summed E-state index contributed by atoms with van der Waals surface area (Å²) >= 11 is 4.75. The van der Waals surface area contributed by atoms with Gasteiger partial charge in [0, 0.05) is 0 Å². The van der Waals surface area contributed by atoms with Crippen molar-refractivity contribution < 1.29 is 14.4 Å². The fourth-order valence-corrected chi connectivity index (χ4v) is 2.10. The molecule has 2 aromatic rings. The summed E-state index contributed by atoms with van der Waals surface area (Å²) in [5.41, 5.74) is 0.704. The van der Waals surface area contributed by atoms with Gasteiger partial charge in [-0.05, 0) is 32.5 Å². The van der Waals surface area contributed by atoms with Crippen molar-refractivity contribution in [2.75, 3.05) is 0 Å². The number of thiophene rings is 1. The number of carboxylic acid groups (broad SMARTS) is 1. The first kappa shape index (κ1) is 9.35. The molecule has 5 nitrogen and oxygen atoms in total. The van der Waals surface area contributed by atoms with E-state index in [1.807, 2.05) is 5.38 Å². The zero-order valence-electron chi connectivity index (χ0n) is 6.60. The molecule has 0 bridgehead atoms. The number of hydrogen-bond donors (Lipinski definition) is 1. The van der Waals surface area contributed by atoms with Gasteiger partial charge in [0.25, 0.3) is 11.7 Å². The van der Waals surface area contributed by atoms with Gasteiger partial charge in [0.15, 0.2) is 0 Å². The van der Waals surface area contributed by atoms with E-state index < -0.39 is 5.97 Å². The first-order valence-electron chi connectivity index (χ1n) is 3.49. The Kier molecular flexibility index (Phi) is 2.34. The van der Waals surface area contributed by atoms with Crippen molar-refractivity contribution in [2.45, 2.75) is 0 Å². The van der Waals surface area contributed by atoms with Crippen molar-refractivity contribution in [3.05, 3.63) is 21.1 Å². The van der Waals surface area contributed by atoms with Crippen molar-refractivity contribution >= 4 is 33.2 Å². The van der Waals surface area contributed by atoms with Gasteiger partial charge in [-0.25, -0.2) is 4.79 Å². The summed E-state index contributed by atoms with van der Waals surface area (Å²) in [6, 6.07) is 1.77. The SMILES string of the molecule is O=C(O)c1noc(-c2ccsc2Br)n1. The third-order valence-electron chi connectivity index (χ3n) is 1.47. The van der Waals surface area contributed by atoms with Crippen LogP contribution in [0.3, 0.4) is 0 Å². The maximum Gasteiger partial charge on any atom is 0.377 e. The summed E-state index contributed by atoms with van der Waals surface area (Å²) in [7, 11) is 0. The molecular formula is C7H3BrN2O3S. The van der Waals surface area contributed by atoms with Gasteiger partial charge in [-0.3, -0.25) is 0 Å². The van der Waals surface area contributed by atoms with Gasteiger partial charge < -0.3 is 9.63 Å². The number of aromatic nitrogens is 2. The van der Waals surface area contributed by atoms with Crippen molar-refractivity contribution in [2.24, 2.45) is 0 Å². The largest absolute Gasteiger partial charge is 0.475 e. The van der Waals surface area contributed by atoms with Crippen LogP contribution in [-0.2, 0) is 0 Å². The second-order valence-electron chi connectivity index (χ2n) is 2.34. The van der Waals surface area contributed by atoms with E-state index in [1.54, 1.807) is 6.07 Å². The average molecular weight is 275 g/mol. The fraction of sp³-hybridized carbons (Fsp3) is 0. The fourth-order valence-electron chi connectivity index (χ4n) is 0.866. The van der Waals surface area contributed by atoms with Crippen LogP contribution in [0.4, 0.5) is 0 Å². The highest BCUT2D eigenvalue weighted by molar-refractivity contribution is 9.11. The molecule has 0 atom stereocenters. The molecule has 0 unspecified atom stereocenters. The average Bonchev–Trinajstić information content (AvgIpc) is 2.71. The van der Waals surface area contributed by atoms with E-state index in [0.717, 1.165) is 3.79 Å². The molecule has 0 amide bonds. The Hall–Kier alpha value is -1.21. The molecule has 0 aliphatic carbocycles. The van der Waals surface area contributed by atoms with E-state index in [1.165, 1.54) is 11.3 Å². The second kappa shape index (κ2) is 3.50. The summed E-state index contributed by atoms with van der Waals surface area (Å²) in [4.78, 5) is 14.2. The molecule has 72 valence electrons. The maximum atomic E-state index is 10.5. The number of halogens is 1. The van der Waals surface area contributed by atoms with Gasteiger partial charge >= 0.3 is 5.97 Å². The Morgan fingerprint density at radius 3 is 2.93 bits per heavy atom. The zero-order valence-corrected chi connectivity index (χ0v) is 9.00. The van der Waals surface area contributed by atoms with Gasteiger partial charge in [-0.2, -0.15) is 4.98 Å². The molecule has 2 aromatic heterocycles. The smallest absolute Gasteiger partial charge is 0.377 e. The van der Waals surface area contributed by atoms with Gasteiger partial charge in [0.05, 0.1) is 9.35 Å². The van der Waals surface area contributed by atoms with Crippen LogP contribution in [0.1, 0.15) is 10.6 Å². The second-order valence-corrected chi connectivity index (χ2v) is 4.57. The summed E-state index contributed by atoms with van der Waals surface area (Å²) < 4.78 is 5.62. The molecule has 1 N–H and O–H groups in total. The molecule has 0 spiro atoms. The van der Waals surface area contributed by atoms with E-state index in [0.29, 0.717) is 5.56 Å². The Labute approximate surface area is 90.5 Å². The number of carboxylic acids is 1. The Balaban J connectivity index is 2.43. The molecule has 0 fully saturated rings. The minimum Gasteiger partial charge on any atom is -0.475 e. The Morgan fingerprint density at radius 1 is 1.64 bits per heavy atom. The minimum atomic E-state index is -1.20. The van der Waals surface area contributed by atoms with Gasteiger partial charge in [0.1, 0.15) is 0 Å². The molecule has 2 heterocycles. The molecule has 0 aliphatic rings. The van der Waals surface area contributed by atoms with E-state index in [-0.39, 0.29) is 11.7 Å². The van der Waals surface area contributed by atoms with Crippen LogP contribution in [0.5, 0.6) is 0 Å². The van der Waals surface area contributed by atoms with Crippen LogP contribution in [0.25, 0.3) is 11.5 Å². The van der Waals surface area contributed by atoms with Crippen molar-refractivity contribution in [1.29, 1.82) is 0 Å². The lowest BCUT2D eigenvalue weighted by atomic mass is 10.3. The Morgan fingerprint density at radius 2 is 2.43 bits per heavy atom. The summed E-state index contributed by atoms with van der Waals surface area (Å²) in [5, 5.41) is 13.7. The maximum absolute atomic E-state index is 10.5. The predicted octanol–water partition coefficient (Wildman–Crippen LogP) is 2.26. The third kappa shape index (κ3) is 1.55. The van der Waals surface area contributed by atoms with Crippen molar-refractivity contribution in [3.8, 4) is 11.5 Å². The number of aromatic carboxylic acids is 1.